The van der Waals surface area contributed by atoms with Crippen LogP contribution in [0.4, 0.5) is 11.4 Å². The summed E-state index contributed by atoms with van der Waals surface area (Å²) in [7, 11) is 0. The Labute approximate surface area is 219 Å². The number of hydrogen-bond acceptors (Lipinski definition) is 1. The van der Waals surface area contributed by atoms with Crippen LogP contribution in [0.1, 0.15) is 31.7 Å². The molecule has 2 unspecified atom stereocenters. The zero-order chi connectivity index (χ0) is 24.8. The summed E-state index contributed by atoms with van der Waals surface area (Å²) in [6.45, 7) is 2.47. The molecule has 37 heavy (non-hydrogen) atoms. The number of benzene rings is 5. The van der Waals surface area contributed by atoms with E-state index in [2.05, 4.69) is 134 Å². The van der Waals surface area contributed by atoms with E-state index in [1.54, 1.807) is 5.57 Å². The van der Waals surface area contributed by atoms with E-state index < -0.39 is 0 Å². The lowest BCUT2D eigenvalue weighted by atomic mass is 9.71. The van der Waals surface area contributed by atoms with Gasteiger partial charge < -0.3 is 5.32 Å². The molecule has 180 valence electrons. The van der Waals surface area contributed by atoms with Gasteiger partial charge in [-0.05, 0) is 81.8 Å². The van der Waals surface area contributed by atoms with Crippen LogP contribution in [-0.4, -0.2) is 0 Å². The molecule has 1 nitrogen and oxygen atoms in total. The first kappa shape index (κ1) is 22.1. The van der Waals surface area contributed by atoms with Gasteiger partial charge in [0.25, 0.3) is 0 Å². The van der Waals surface area contributed by atoms with Crippen LogP contribution >= 0.6 is 0 Å². The van der Waals surface area contributed by atoms with Crippen LogP contribution in [0.25, 0.3) is 33.0 Å². The number of anilines is 2. The van der Waals surface area contributed by atoms with Gasteiger partial charge in [0.05, 0.1) is 0 Å². The van der Waals surface area contributed by atoms with Gasteiger partial charge in [-0.25, -0.2) is 0 Å². The van der Waals surface area contributed by atoms with Crippen LogP contribution in [0.15, 0.2) is 127 Å². The lowest BCUT2D eigenvalue weighted by Crippen LogP contribution is -2.24. The number of para-hydroxylation sites is 1. The predicted molar refractivity (Wildman–Crippen MR) is 157 cm³/mol. The minimum Gasteiger partial charge on any atom is -0.355 e. The van der Waals surface area contributed by atoms with Crippen LogP contribution < -0.4 is 5.32 Å². The molecule has 7 rings (SSSR count). The Bertz CT molecular complexity index is 1630. The molecule has 2 aliphatic carbocycles. The lowest BCUT2D eigenvalue weighted by molar-refractivity contribution is 0.410. The number of fused-ring (bicyclic) bond motifs is 2. The van der Waals surface area contributed by atoms with E-state index in [0.717, 1.165) is 23.7 Å². The molecule has 0 aromatic heterocycles. The maximum atomic E-state index is 3.65. The minimum absolute atomic E-state index is 0.225. The summed E-state index contributed by atoms with van der Waals surface area (Å²) in [4.78, 5) is 0. The summed E-state index contributed by atoms with van der Waals surface area (Å²) in [5, 5.41) is 6.40. The number of hydrogen-bond donors (Lipinski definition) is 1. The molecule has 0 saturated heterocycles. The van der Waals surface area contributed by atoms with E-state index in [4.69, 9.17) is 0 Å². The third-order valence-corrected chi connectivity index (χ3v) is 8.42. The zero-order valence-electron chi connectivity index (χ0n) is 21.2. The van der Waals surface area contributed by atoms with E-state index in [0.29, 0.717) is 0 Å². The fourth-order valence-corrected chi connectivity index (χ4v) is 6.31. The standard InChI is InChI=1S/C36H31N/c1-36(22-21-27-23-28(27)24-36)34-20-19-30(32-12-5-6-13-33(32)34)26-15-17-29(18-16-26)37-35-14-8-7-11-31(35)25-9-3-2-4-10-25/h2-21,28,37H,22-24H2,1H3. The second kappa shape index (κ2) is 8.78. The molecule has 1 heteroatoms. The van der Waals surface area contributed by atoms with Crippen molar-refractivity contribution < 1.29 is 0 Å². The Balaban J connectivity index is 1.21. The van der Waals surface area contributed by atoms with Crippen LogP contribution in [0.2, 0.25) is 0 Å². The molecule has 1 fully saturated rings. The van der Waals surface area contributed by atoms with Gasteiger partial charge in [0.1, 0.15) is 0 Å². The second-order valence-electron chi connectivity index (χ2n) is 11.0. The summed E-state index contributed by atoms with van der Waals surface area (Å²) in [5.41, 5.74) is 10.6. The molecular formula is C36H31N. The maximum absolute atomic E-state index is 3.65. The Hall–Kier alpha value is -4.10. The first-order valence-electron chi connectivity index (χ1n) is 13.4. The van der Waals surface area contributed by atoms with Gasteiger partial charge in [0, 0.05) is 16.9 Å². The van der Waals surface area contributed by atoms with Crippen LogP contribution in [0.5, 0.6) is 0 Å². The molecule has 0 spiro atoms. The summed E-state index contributed by atoms with van der Waals surface area (Å²) < 4.78 is 0. The molecule has 2 atom stereocenters. The van der Waals surface area contributed by atoms with Crippen molar-refractivity contribution in [2.75, 3.05) is 5.32 Å². The SMILES string of the molecule is CC1(c2ccc(-c3ccc(Nc4ccccc4-c4ccccc4)cc3)c3ccccc23)CC=C2CC2C1. The molecule has 5 aromatic rings. The van der Waals surface area contributed by atoms with Gasteiger partial charge in [-0.3, -0.25) is 0 Å². The van der Waals surface area contributed by atoms with E-state index in [1.165, 1.54) is 51.4 Å². The molecule has 1 saturated carbocycles. The van der Waals surface area contributed by atoms with Crippen LogP contribution in [-0.2, 0) is 5.41 Å². The van der Waals surface area contributed by atoms with Crippen molar-refractivity contribution in [2.24, 2.45) is 5.92 Å². The van der Waals surface area contributed by atoms with Crippen molar-refractivity contribution in [1.82, 2.24) is 0 Å². The molecule has 1 N–H and O–H groups in total. The van der Waals surface area contributed by atoms with E-state index in [9.17, 15) is 0 Å². The maximum Gasteiger partial charge on any atom is 0.0463 e. The van der Waals surface area contributed by atoms with E-state index in [1.807, 2.05) is 0 Å². The Kier molecular flexibility index (Phi) is 5.25. The van der Waals surface area contributed by atoms with E-state index in [-0.39, 0.29) is 5.41 Å². The van der Waals surface area contributed by atoms with Crippen molar-refractivity contribution >= 4 is 22.1 Å². The fraction of sp³-hybridized carbons (Fsp3) is 0.167. The molecule has 0 radical (unpaired) electrons. The molecule has 0 heterocycles. The highest BCUT2D eigenvalue weighted by Crippen LogP contribution is 2.54. The molecule has 0 amide bonds. The van der Waals surface area contributed by atoms with Gasteiger partial charge in [-0.1, -0.05) is 116 Å². The summed E-state index contributed by atoms with van der Waals surface area (Å²) in [5.74, 6) is 0.823. The highest BCUT2D eigenvalue weighted by molar-refractivity contribution is 5.99. The third kappa shape index (κ3) is 4.05. The van der Waals surface area contributed by atoms with Gasteiger partial charge in [-0.15, -0.1) is 0 Å². The average molecular weight is 478 g/mol. The first-order valence-corrected chi connectivity index (χ1v) is 13.4. The monoisotopic (exact) mass is 477 g/mol. The highest BCUT2D eigenvalue weighted by Gasteiger charge is 2.42. The smallest absolute Gasteiger partial charge is 0.0463 e. The number of allylic oxidation sites excluding steroid dienone is 2. The van der Waals surface area contributed by atoms with Crippen LogP contribution in [0, 0.1) is 5.92 Å². The van der Waals surface area contributed by atoms with Gasteiger partial charge >= 0.3 is 0 Å². The van der Waals surface area contributed by atoms with E-state index >= 15 is 0 Å². The second-order valence-corrected chi connectivity index (χ2v) is 11.0. The molecule has 5 aromatic carbocycles. The van der Waals surface area contributed by atoms with Gasteiger partial charge in [0.15, 0.2) is 0 Å². The minimum atomic E-state index is 0.225. The third-order valence-electron chi connectivity index (χ3n) is 8.42. The number of nitrogens with one attached hydrogen (secondary N) is 1. The van der Waals surface area contributed by atoms with Crippen molar-refractivity contribution in [3.63, 3.8) is 0 Å². The Morgan fingerprint density at radius 1 is 0.649 bits per heavy atom. The van der Waals surface area contributed by atoms with Gasteiger partial charge in [-0.2, -0.15) is 0 Å². The Morgan fingerprint density at radius 2 is 1.35 bits per heavy atom. The summed E-state index contributed by atoms with van der Waals surface area (Å²) >= 11 is 0. The largest absolute Gasteiger partial charge is 0.355 e. The normalized spacial score (nSPS) is 20.2. The average Bonchev–Trinajstić information content (AvgIpc) is 3.72. The van der Waals surface area contributed by atoms with Gasteiger partial charge in [0.2, 0.25) is 0 Å². The topological polar surface area (TPSA) is 12.0 Å². The highest BCUT2D eigenvalue weighted by atomic mass is 14.9. The van der Waals surface area contributed by atoms with Crippen molar-refractivity contribution in [3.8, 4) is 22.3 Å². The van der Waals surface area contributed by atoms with Crippen molar-refractivity contribution in [2.45, 2.75) is 31.6 Å². The zero-order valence-corrected chi connectivity index (χ0v) is 21.2. The Morgan fingerprint density at radius 3 is 2.16 bits per heavy atom. The first-order chi connectivity index (χ1) is 18.2. The summed E-state index contributed by atoms with van der Waals surface area (Å²) in [6.07, 6.45) is 6.28. The molecule has 0 bridgehead atoms. The molecule has 0 aliphatic heterocycles. The molecular weight excluding hydrogens is 446 g/mol. The van der Waals surface area contributed by atoms with Crippen molar-refractivity contribution in [1.29, 1.82) is 0 Å². The van der Waals surface area contributed by atoms with Crippen LogP contribution in [0.3, 0.4) is 0 Å². The van der Waals surface area contributed by atoms with Crippen molar-refractivity contribution in [3.05, 3.63) is 132 Å². The quantitative estimate of drug-likeness (QED) is 0.248. The lowest BCUT2D eigenvalue weighted by Gasteiger charge is -2.33. The predicted octanol–water partition coefficient (Wildman–Crippen LogP) is 9.92. The summed E-state index contributed by atoms with van der Waals surface area (Å²) in [6, 6.07) is 41.7. The molecule has 2 aliphatic rings. The fourth-order valence-electron chi connectivity index (χ4n) is 6.31. The number of rotatable bonds is 5.